The fourth-order valence-electron chi connectivity index (χ4n) is 1.63. The quantitative estimate of drug-likeness (QED) is 0.684. The molecule has 1 aromatic carbocycles. The lowest BCUT2D eigenvalue weighted by atomic mass is 10.3. The van der Waals surface area contributed by atoms with Crippen LogP contribution in [0.5, 0.6) is 5.75 Å². The average Bonchev–Trinajstić information content (AvgIpc) is 2.71. The highest BCUT2D eigenvalue weighted by molar-refractivity contribution is 5.51. The van der Waals surface area contributed by atoms with Gasteiger partial charge < -0.3 is 9.64 Å². The third-order valence-electron chi connectivity index (χ3n) is 2.37. The molecular weight excluding hydrogens is 162 g/mol. The summed E-state index contributed by atoms with van der Waals surface area (Å²) in [7, 11) is 1.70. The van der Waals surface area contributed by atoms with Crippen molar-refractivity contribution in [2.75, 3.05) is 25.1 Å². The van der Waals surface area contributed by atoms with Crippen LogP contribution in [0.3, 0.4) is 0 Å². The van der Waals surface area contributed by atoms with Gasteiger partial charge in [-0.05, 0) is 25.0 Å². The van der Waals surface area contributed by atoms with Crippen molar-refractivity contribution in [2.45, 2.75) is 6.42 Å². The van der Waals surface area contributed by atoms with Crippen molar-refractivity contribution in [1.82, 2.24) is 0 Å². The Labute approximate surface area is 79.1 Å². The van der Waals surface area contributed by atoms with Crippen molar-refractivity contribution in [2.24, 2.45) is 0 Å². The summed E-state index contributed by atoms with van der Waals surface area (Å²) in [6, 6.07) is 8.22. The fraction of sp³-hybridized carbons (Fsp3) is 0.364. The van der Waals surface area contributed by atoms with E-state index in [0.29, 0.717) is 0 Å². The molecule has 0 aromatic heterocycles. The average molecular weight is 176 g/mol. The maximum Gasteiger partial charge on any atom is 0.120 e. The number of rotatable bonds is 2. The van der Waals surface area contributed by atoms with Crippen LogP contribution >= 0.6 is 0 Å². The van der Waals surface area contributed by atoms with Crippen molar-refractivity contribution in [3.05, 3.63) is 30.7 Å². The lowest BCUT2D eigenvalue weighted by Gasteiger charge is -2.17. The first-order valence-electron chi connectivity index (χ1n) is 4.61. The molecule has 2 nitrogen and oxygen atoms in total. The summed E-state index contributed by atoms with van der Waals surface area (Å²) in [5, 5.41) is 0. The molecule has 0 amide bonds. The largest absolute Gasteiger partial charge is 0.497 e. The molecule has 1 aliphatic heterocycles. The highest BCUT2D eigenvalue weighted by Crippen LogP contribution is 2.23. The van der Waals surface area contributed by atoms with Gasteiger partial charge in [0.05, 0.1) is 7.11 Å². The molecular formula is C11H14NO. The molecule has 1 radical (unpaired) electrons. The third-order valence-corrected chi connectivity index (χ3v) is 2.37. The van der Waals surface area contributed by atoms with E-state index >= 15 is 0 Å². The zero-order chi connectivity index (χ0) is 9.10. The van der Waals surface area contributed by atoms with E-state index in [1.807, 2.05) is 12.1 Å². The smallest absolute Gasteiger partial charge is 0.120 e. The molecule has 1 aromatic rings. The number of ether oxygens (including phenoxy) is 1. The Bertz CT molecular complexity index is 279. The van der Waals surface area contributed by atoms with Crippen LogP contribution in [0.1, 0.15) is 6.42 Å². The first kappa shape index (κ1) is 8.42. The van der Waals surface area contributed by atoms with E-state index in [1.165, 1.54) is 12.1 Å². The van der Waals surface area contributed by atoms with Gasteiger partial charge in [0.25, 0.3) is 0 Å². The number of hydrogen-bond donors (Lipinski definition) is 0. The van der Waals surface area contributed by atoms with Gasteiger partial charge in [-0.15, -0.1) is 0 Å². The van der Waals surface area contributed by atoms with Crippen LogP contribution in [0.25, 0.3) is 0 Å². The Balaban J connectivity index is 2.18. The second-order valence-corrected chi connectivity index (χ2v) is 3.22. The Morgan fingerprint density at radius 1 is 1.38 bits per heavy atom. The summed E-state index contributed by atoms with van der Waals surface area (Å²) in [4.78, 5) is 2.35. The maximum absolute atomic E-state index is 5.18. The number of nitrogens with zero attached hydrogens (tertiary/aromatic N) is 1. The van der Waals surface area contributed by atoms with Crippen molar-refractivity contribution in [3.8, 4) is 5.75 Å². The molecule has 1 fully saturated rings. The molecule has 2 heteroatoms. The third kappa shape index (κ3) is 1.77. The fourth-order valence-corrected chi connectivity index (χ4v) is 1.63. The monoisotopic (exact) mass is 176 g/mol. The number of hydrogen-bond acceptors (Lipinski definition) is 2. The van der Waals surface area contributed by atoms with E-state index in [2.05, 4.69) is 23.5 Å². The zero-order valence-electron chi connectivity index (χ0n) is 7.86. The number of anilines is 1. The summed E-state index contributed by atoms with van der Waals surface area (Å²) < 4.78 is 5.18. The second kappa shape index (κ2) is 3.69. The van der Waals surface area contributed by atoms with Crippen LogP contribution in [0.15, 0.2) is 24.3 Å². The van der Waals surface area contributed by atoms with Gasteiger partial charge in [0.15, 0.2) is 0 Å². The van der Waals surface area contributed by atoms with Crippen LogP contribution in [0, 0.1) is 6.42 Å². The van der Waals surface area contributed by atoms with Gasteiger partial charge in [-0.3, -0.25) is 0 Å². The van der Waals surface area contributed by atoms with E-state index in [1.54, 1.807) is 7.11 Å². The van der Waals surface area contributed by atoms with Crippen molar-refractivity contribution >= 4 is 5.69 Å². The molecule has 0 saturated carbocycles. The van der Waals surface area contributed by atoms with Gasteiger partial charge in [-0.2, -0.15) is 0 Å². The van der Waals surface area contributed by atoms with Gasteiger partial charge in [-0.1, -0.05) is 6.07 Å². The van der Waals surface area contributed by atoms with Gasteiger partial charge in [-0.25, -0.2) is 0 Å². The molecule has 13 heavy (non-hydrogen) atoms. The van der Waals surface area contributed by atoms with Crippen molar-refractivity contribution < 1.29 is 4.74 Å². The maximum atomic E-state index is 5.18. The first-order valence-corrected chi connectivity index (χ1v) is 4.61. The van der Waals surface area contributed by atoms with E-state index in [-0.39, 0.29) is 0 Å². The molecule has 0 bridgehead atoms. The minimum atomic E-state index is 0.935. The minimum absolute atomic E-state index is 0.935. The molecule has 0 unspecified atom stereocenters. The molecule has 2 rings (SSSR count). The second-order valence-electron chi connectivity index (χ2n) is 3.22. The Morgan fingerprint density at radius 2 is 2.31 bits per heavy atom. The van der Waals surface area contributed by atoms with Crippen molar-refractivity contribution in [3.63, 3.8) is 0 Å². The molecule has 0 N–H and O–H groups in total. The highest BCUT2D eigenvalue weighted by Gasteiger charge is 2.12. The van der Waals surface area contributed by atoms with Gasteiger partial charge in [0.1, 0.15) is 5.75 Å². The Morgan fingerprint density at radius 3 is 3.00 bits per heavy atom. The normalized spacial score (nSPS) is 16.2. The molecule has 1 aliphatic rings. The van der Waals surface area contributed by atoms with Crippen LogP contribution in [-0.4, -0.2) is 20.2 Å². The van der Waals surface area contributed by atoms with E-state index in [4.69, 9.17) is 4.74 Å². The van der Waals surface area contributed by atoms with Crippen LogP contribution in [-0.2, 0) is 0 Å². The van der Waals surface area contributed by atoms with E-state index in [0.717, 1.165) is 18.8 Å². The van der Waals surface area contributed by atoms with Crippen LogP contribution in [0.4, 0.5) is 5.69 Å². The van der Waals surface area contributed by atoms with Crippen LogP contribution < -0.4 is 9.64 Å². The lowest BCUT2D eigenvalue weighted by molar-refractivity contribution is 0.415. The summed E-state index contributed by atoms with van der Waals surface area (Å²) in [6.45, 7) is 2.19. The molecule has 0 aliphatic carbocycles. The summed E-state index contributed by atoms with van der Waals surface area (Å²) in [6.07, 6.45) is 3.50. The summed E-state index contributed by atoms with van der Waals surface area (Å²) in [5.41, 5.74) is 1.26. The Hall–Kier alpha value is -1.18. The van der Waals surface area contributed by atoms with Crippen LogP contribution in [0.2, 0.25) is 0 Å². The topological polar surface area (TPSA) is 12.5 Å². The van der Waals surface area contributed by atoms with Gasteiger partial charge in [0, 0.05) is 24.8 Å². The SMILES string of the molecule is COc1cccc(N2C[CH]CC2)c1. The highest BCUT2D eigenvalue weighted by atomic mass is 16.5. The standard InChI is InChI=1S/C11H14NO/c1-13-11-6-4-5-10(9-11)12-7-2-3-8-12/h2,4-6,9H,3,7-8H2,1H3. The summed E-state index contributed by atoms with van der Waals surface area (Å²) >= 11 is 0. The number of benzene rings is 1. The number of methoxy groups -OCH3 is 1. The summed E-state index contributed by atoms with van der Waals surface area (Å²) in [5.74, 6) is 0.935. The lowest BCUT2D eigenvalue weighted by Crippen LogP contribution is -2.17. The van der Waals surface area contributed by atoms with Gasteiger partial charge in [0.2, 0.25) is 0 Å². The molecule has 69 valence electrons. The van der Waals surface area contributed by atoms with E-state index in [9.17, 15) is 0 Å². The predicted molar refractivity (Wildman–Crippen MR) is 54.1 cm³/mol. The van der Waals surface area contributed by atoms with Gasteiger partial charge >= 0.3 is 0 Å². The molecule has 1 saturated heterocycles. The Kier molecular flexibility index (Phi) is 2.39. The minimum Gasteiger partial charge on any atom is -0.497 e. The zero-order valence-corrected chi connectivity index (χ0v) is 7.86. The van der Waals surface area contributed by atoms with Crippen molar-refractivity contribution in [1.29, 1.82) is 0 Å². The molecule has 0 spiro atoms. The first-order chi connectivity index (χ1) is 6.40. The molecule has 0 atom stereocenters. The van der Waals surface area contributed by atoms with E-state index < -0.39 is 0 Å². The predicted octanol–water partition coefficient (Wildman–Crippen LogP) is 2.11. The molecule has 1 heterocycles.